The molecule has 0 amide bonds. The van der Waals surface area contributed by atoms with Crippen LogP contribution < -0.4 is 5.69 Å². The normalized spacial score (nSPS) is 12.1. The Morgan fingerprint density at radius 2 is 1.92 bits per heavy atom. The average molecular weight is 392 g/mol. The van der Waals surface area contributed by atoms with Gasteiger partial charge in [-0.25, -0.2) is 14.2 Å². The lowest BCUT2D eigenvalue weighted by Gasteiger charge is -2.13. The predicted molar refractivity (Wildman–Crippen MR) is 107 cm³/mol. The van der Waals surface area contributed by atoms with Crippen molar-refractivity contribution in [2.45, 2.75) is 0 Å². The molecule has 0 fully saturated rings. The van der Waals surface area contributed by atoms with E-state index in [1.54, 1.807) is 27.2 Å². The summed E-state index contributed by atoms with van der Waals surface area (Å²) in [6.45, 7) is 7.58. The van der Waals surface area contributed by atoms with Crippen molar-refractivity contribution in [3.63, 3.8) is 0 Å². The van der Waals surface area contributed by atoms with E-state index < -0.39 is 0 Å². The third kappa shape index (κ3) is 2.27. The summed E-state index contributed by atoms with van der Waals surface area (Å²) in [5.74, 6) is 0. The average Bonchev–Trinajstić information content (AvgIpc) is 3.00. The number of para-hydroxylation sites is 2. The zero-order valence-corrected chi connectivity index (χ0v) is 14.9. The van der Waals surface area contributed by atoms with Gasteiger partial charge in [-0.2, -0.15) is 0 Å². The molecule has 0 aliphatic rings. The molecule has 0 unspecified atom stereocenters. The highest BCUT2D eigenvalue weighted by Crippen LogP contribution is 2.26. The summed E-state index contributed by atoms with van der Waals surface area (Å²) in [6, 6.07) is 13.4. The van der Waals surface area contributed by atoms with Gasteiger partial charge in [-0.1, -0.05) is 47.3 Å². The van der Waals surface area contributed by atoms with E-state index in [9.17, 15) is 4.79 Å². The van der Waals surface area contributed by atoms with Crippen molar-refractivity contribution >= 4 is 49.2 Å². The lowest BCUT2D eigenvalue weighted by molar-refractivity contribution is 0.955. The monoisotopic (exact) mass is 391 g/mol. The molecule has 0 aliphatic carbocycles. The number of aromatic nitrogens is 3. The molecule has 0 atom stereocenters. The van der Waals surface area contributed by atoms with Crippen LogP contribution in [0.3, 0.4) is 0 Å². The molecule has 0 aliphatic heterocycles. The molecule has 0 saturated carbocycles. The molecule has 0 bridgehead atoms. The highest BCUT2D eigenvalue weighted by atomic mass is 79.9. The fourth-order valence-corrected chi connectivity index (χ4v) is 3.44. The fourth-order valence-electron chi connectivity index (χ4n) is 3.09. The third-order valence-corrected chi connectivity index (χ3v) is 4.63. The van der Waals surface area contributed by atoms with Gasteiger partial charge in [-0.3, -0.25) is 4.57 Å². The van der Waals surface area contributed by atoms with Gasteiger partial charge in [-0.05, 0) is 42.5 Å². The van der Waals surface area contributed by atoms with E-state index in [2.05, 4.69) is 34.1 Å². The van der Waals surface area contributed by atoms with Crippen LogP contribution in [0.4, 0.5) is 0 Å². The largest absolute Gasteiger partial charge is 0.339 e. The van der Waals surface area contributed by atoms with Gasteiger partial charge in [0.15, 0.2) is 5.65 Å². The highest BCUT2D eigenvalue weighted by molar-refractivity contribution is 9.10. The van der Waals surface area contributed by atoms with Crippen molar-refractivity contribution < 1.29 is 0 Å². The van der Waals surface area contributed by atoms with Gasteiger partial charge in [0.1, 0.15) is 0 Å². The van der Waals surface area contributed by atoms with Crippen LogP contribution in [0.1, 0.15) is 0 Å². The van der Waals surface area contributed by atoms with Crippen molar-refractivity contribution in [2.75, 3.05) is 0 Å². The summed E-state index contributed by atoms with van der Waals surface area (Å²) in [6.07, 6.45) is 5.05. The molecule has 122 valence electrons. The molecule has 4 aromatic rings. The Labute approximate surface area is 152 Å². The number of halogens is 1. The van der Waals surface area contributed by atoms with Gasteiger partial charge >= 0.3 is 5.69 Å². The van der Waals surface area contributed by atoms with Crippen molar-refractivity contribution in [3.05, 3.63) is 88.8 Å². The first-order valence-electron chi connectivity index (χ1n) is 7.72. The maximum absolute atomic E-state index is 13.4. The van der Waals surface area contributed by atoms with Crippen LogP contribution in [0, 0.1) is 0 Å². The Bertz CT molecular complexity index is 1260. The lowest BCUT2D eigenvalue weighted by atomic mass is 10.2. The van der Waals surface area contributed by atoms with Crippen LogP contribution in [0.25, 0.3) is 33.3 Å². The van der Waals surface area contributed by atoms with Crippen LogP contribution in [0.5, 0.6) is 0 Å². The van der Waals surface area contributed by atoms with Crippen LogP contribution in [-0.2, 0) is 0 Å². The molecule has 2 heterocycles. The maximum Gasteiger partial charge on any atom is 0.339 e. The van der Waals surface area contributed by atoms with Crippen molar-refractivity contribution in [1.82, 2.24) is 14.0 Å². The number of nitrogens with zero attached hydrogens (tertiary/aromatic N) is 3. The second-order valence-corrected chi connectivity index (χ2v) is 6.49. The predicted octanol–water partition coefficient (Wildman–Crippen LogP) is 4.78. The van der Waals surface area contributed by atoms with Crippen LogP contribution in [0.15, 0.2) is 83.1 Å². The molecule has 25 heavy (non-hydrogen) atoms. The van der Waals surface area contributed by atoms with Crippen LogP contribution in [-0.4, -0.2) is 14.0 Å². The molecule has 4 rings (SSSR count). The summed E-state index contributed by atoms with van der Waals surface area (Å²) in [5, 5.41) is 0.885. The smallest absolute Gasteiger partial charge is 0.262 e. The highest BCUT2D eigenvalue weighted by Gasteiger charge is 2.16. The minimum atomic E-state index is -0.192. The number of hydrogen-bond acceptors (Lipinski definition) is 2. The van der Waals surface area contributed by atoms with Gasteiger partial charge in [-0.15, -0.1) is 0 Å². The Morgan fingerprint density at radius 3 is 2.68 bits per heavy atom. The Kier molecular flexibility index (Phi) is 3.66. The number of allylic oxidation sites excluding steroid dienone is 4. The molecule has 2 aromatic heterocycles. The van der Waals surface area contributed by atoms with Crippen molar-refractivity contribution in [2.24, 2.45) is 0 Å². The minimum Gasteiger partial charge on any atom is -0.262 e. The quantitative estimate of drug-likeness (QED) is 0.471. The summed E-state index contributed by atoms with van der Waals surface area (Å²) < 4.78 is 4.16. The number of imidazole rings is 1. The van der Waals surface area contributed by atoms with Crippen LogP contribution >= 0.6 is 15.9 Å². The first kappa shape index (κ1) is 15.6. The standard InChI is InChI=1S/C20H14BrN3O/c1-3-7-14(4-2)23-18-12-13(21)10-11-15(18)19-22-16-8-5-6-9-17(16)24(19)20(23)25/h3-12H,1-2H2/b14-7+. The summed E-state index contributed by atoms with van der Waals surface area (Å²) >= 11 is 3.49. The minimum absolute atomic E-state index is 0.192. The molecular formula is C20H14BrN3O. The molecule has 0 saturated heterocycles. The first-order valence-corrected chi connectivity index (χ1v) is 8.52. The number of benzene rings is 2. The Balaban J connectivity index is 2.35. The van der Waals surface area contributed by atoms with E-state index in [1.165, 1.54) is 0 Å². The van der Waals surface area contributed by atoms with E-state index in [0.717, 1.165) is 26.4 Å². The lowest BCUT2D eigenvalue weighted by Crippen LogP contribution is -2.26. The van der Waals surface area contributed by atoms with Crippen LogP contribution in [0.2, 0.25) is 0 Å². The molecule has 0 spiro atoms. The molecule has 5 heteroatoms. The molecule has 0 N–H and O–H groups in total. The van der Waals surface area contributed by atoms with Gasteiger partial charge < -0.3 is 0 Å². The second-order valence-electron chi connectivity index (χ2n) is 5.57. The van der Waals surface area contributed by atoms with E-state index in [1.807, 2.05) is 42.5 Å². The summed E-state index contributed by atoms with van der Waals surface area (Å²) in [7, 11) is 0. The Hall–Kier alpha value is -2.92. The molecule has 2 aromatic carbocycles. The molecular weight excluding hydrogens is 378 g/mol. The third-order valence-electron chi connectivity index (χ3n) is 4.14. The van der Waals surface area contributed by atoms with E-state index in [-0.39, 0.29) is 5.69 Å². The van der Waals surface area contributed by atoms with Gasteiger partial charge in [0, 0.05) is 9.86 Å². The van der Waals surface area contributed by atoms with Crippen molar-refractivity contribution in [3.8, 4) is 0 Å². The maximum atomic E-state index is 13.4. The molecule has 4 nitrogen and oxygen atoms in total. The molecule has 0 radical (unpaired) electrons. The summed E-state index contributed by atoms with van der Waals surface area (Å²) in [5.41, 5.74) is 3.43. The van der Waals surface area contributed by atoms with E-state index >= 15 is 0 Å². The van der Waals surface area contributed by atoms with Crippen molar-refractivity contribution in [1.29, 1.82) is 0 Å². The zero-order chi connectivity index (χ0) is 17.6. The number of rotatable bonds is 3. The van der Waals surface area contributed by atoms with Gasteiger partial charge in [0.05, 0.1) is 22.2 Å². The first-order chi connectivity index (χ1) is 12.2. The number of fused-ring (bicyclic) bond motifs is 5. The SMILES string of the molecule is C=C/C=C(\C=C)n1c(=O)n2c3ccccc3nc2c2ccc(Br)cc21. The fraction of sp³-hybridized carbons (Fsp3) is 0. The number of hydrogen-bond donors (Lipinski definition) is 0. The van der Waals surface area contributed by atoms with Gasteiger partial charge in [0.2, 0.25) is 0 Å². The van der Waals surface area contributed by atoms with E-state index in [4.69, 9.17) is 0 Å². The Morgan fingerprint density at radius 1 is 1.12 bits per heavy atom. The summed E-state index contributed by atoms with van der Waals surface area (Å²) in [4.78, 5) is 18.0. The zero-order valence-electron chi connectivity index (χ0n) is 13.3. The topological polar surface area (TPSA) is 39.3 Å². The van der Waals surface area contributed by atoms with E-state index in [0.29, 0.717) is 11.3 Å². The second kappa shape index (κ2) is 5.86. The van der Waals surface area contributed by atoms with Gasteiger partial charge in [0.25, 0.3) is 0 Å².